The van der Waals surface area contributed by atoms with Crippen molar-refractivity contribution in [2.45, 2.75) is 18.1 Å². The summed E-state index contributed by atoms with van der Waals surface area (Å²) in [7, 11) is 0. The first-order chi connectivity index (χ1) is 8.48. The van der Waals surface area contributed by atoms with Crippen molar-refractivity contribution < 1.29 is 18.0 Å². The zero-order chi connectivity index (χ0) is 12.9. The molecule has 0 unspecified atom stereocenters. The molecular weight excluding hydrogens is 281 g/mol. The number of hydrogen-bond donors (Lipinski definition) is 2. The number of amides is 1. The summed E-state index contributed by atoms with van der Waals surface area (Å²) in [5.74, 6) is -0.692. The summed E-state index contributed by atoms with van der Waals surface area (Å²) in [4.78, 5) is 11.9. The Hall–Kier alpha value is -1.27. The molecule has 0 spiro atoms. The van der Waals surface area contributed by atoms with E-state index in [4.69, 9.17) is 0 Å². The zero-order valence-electron chi connectivity index (χ0n) is 9.75. The Morgan fingerprint density at radius 3 is 2.63 bits per heavy atom. The van der Waals surface area contributed by atoms with Gasteiger partial charge in [0.1, 0.15) is 0 Å². The lowest BCUT2D eigenvalue weighted by Crippen LogP contribution is -2.45. The fourth-order valence-electron chi connectivity index (χ4n) is 2.77. The van der Waals surface area contributed by atoms with Gasteiger partial charge in [0.25, 0.3) is 5.91 Å². The molecule has 1 amide bonds. The molecule has 3 rings (SSSR count). The van der Waals surface area contributed by atoms with Crippen LogP contribution in [-0.2, 0) is 6.18 Å². The highest BCUT2D eigenvalue weighted by Gasteiger charge is 2.43. The third-order valence-electron chi connectivity index (χ3n) is 3.56. The lowest BCUT2D eigenvalue weighted by Gasteiger charge is -2.29. The highest BCUT2D eigenvalue weighted by molar-refractivity contribution is 5.99. The Morgan fingerprint density at radius 2 is 1.95 bits per heavy atom. The highest BCUT2D eigenvalue weighted by atomic mass is 35.5. The van der Waals surface area contributed by atoms with Gasteiger partial charge in [0.2, 0.25) is 0 Å². The Labute approximate surface area is 114 Å². The number of fused-ring (bicyclic) bond motifs is 3. The maximum absolute atomic E-state index is 12.9. The van der Waals surface area contributed by atoms with Gasteiger partial charge in [-0.2, -0.15) is 13.2 Å². The van der Waals surface area contributed by atoms with Crippen molar-refractivity contribution in [3.8, 4) is 0 Å². The summed E-state index contributed by atoms with van der Waals surface area (Å²) in [5.41, 5.74) is -0.554. The van der Waals surface area contributed by atoms with Gasteiger partial charge in [0.05, 0.1) is 11.1 Å². The molecule has 2 N–H and O–H groups in total. The molecule has 1 saturated heterocycles. The molecule has 19 heavy (non-hydrogen) atoms. The van der Waals surface area contributed by atoms with E-state index in [1.165, 1.54) is 6.07 Å². The van der Waals surface area contributed by atoms with E-state index in [0.717, 1.165) is 6.07 Å². The minimum atomic E-state index is -4.50. The van der Waals surface area contributed by atoms with Crippen molar-refractivity contribution in [3.63, 3.8) is 0 Å². The minimum Gasteiger partial charge on any atom is -0.347 e. The monoisotopic (exact) mass is 292 g/mol. The fraction of sp³-hybridized carbons (Fsp3) is 0.417. The number of halogens is 4. The van der Waals surface area contributed by atoms with Crippen LogP contribution in [0.25, 0.3) is 0 Å². The van der Waals surface area contributed by atoms with Crippen molar-refractivity contribution in [2.24, 2.45) is 0 Å². The normalized spacial score (nSPS) is 25.1. The molecule has 2 atom stereocenters. The van der Waals surface area contributed by atoms with Crippen LogP contribution in [0.3, 0.4) is 0 Å². The largest absolute Gasteiger partial charge is 0.417 e. The third-order valence-corrected chi connectivity index (χ3v) is 3.56. The minimum absolute atomic E-state index is 0. The molecule has 3 nitrogen and oxygen atoms in total. The van der Waals surface area contributed by atoms with Gasteiger partial charge in [-0.05, 0) is 11.6 Å². The first-order valence-electron chi connectivity index (χ1n) is 5.70. The third kappa shape index (κ3) is 2.19. The average molecular weight is 293 g/mol. The molecule has 1 fully saturated rings. The van der Waals surface area contributed by atoms with Crippen molar-refractivity contribution >= 4 is 18.3 Å². The topological polar surface area (TPSA) is 41.1 Å². The Morgan fingerprint density at radius 1 is 1.21 bits per heavy atom. The lowest BCUT2D eigenvalue weighted by atomic mass is 9.84. The fourth-order valence-corrected chi connectivity index (χ4v) is 2.77. The van der Waals surface area contributed by atoms with Crippen LogP contribution in [0.2, 0.25) is 0 Å². The zero-order valence-corrected chi connectivity index (χ0v) is 10.6. The molecule has 0 radical (unpaired) electrons. The number of carbonyl (C=O) groups excluding carboxylic acids is 1. The van der Waals surface area contributed by atoms with Gasteiger partial charge in [-0.3, -0.25) is 4.79 Å². The van der Waals surface area contributed by atoms with Crippen LogP contribution >= 0.6 is 12.4 Å². The standard InChI is InChI=1S/C12H11F3N2O.ClH/c13-12(14,15)8-3-1-2-6-7-4-16-5-9(7)17-11(18)10(6)8;/h1-3,7,9,16H,4-5H2,(H,17,18);1H/t7-,9+;/m1./s1. The van der Waals surface area contributed by atoms with E-state index in [2.05, 4.69) is 10.6 Å². The summed E-state index contributed by atoms with van der Waals surface area (Å²) in [6, 6.07) is 3.85. The summed E-state index contributed by atoms with van der Waals surface area (Å²) >= 11 is 0. The van der Waals surface area contributed by atoms with Crippen molar-refractivity contribution in [1.82, 2.24) is 10.6 Å². The predicted molar refractivity (Wildman–Crippen MR) is 65.6 cm³/mol. The first-order valence-corrected chi connectivity index (χ1v) is 5.70. The van der Waals surface area contributed by atoms with Crippen molar-refractivity contribution in [3.05, 3.63) is 34.9 Å². The van der Waals surface area contributed by atoms with E-state index in [9.17, 15) is 18.0 Å². The molecule has 0 aromatic heterocycles. The number of rotatable bonds is 0. The smallest absolute Gasteiger partial charge is 0.347 e. The van der Waals surface area contributed by atoms with Crippen LogP contribution < -0.4 is 10.6 Å². The van der Waals surface area contributed by atoms with Gasteiger partial charge in [-0.25, -0.2) is 0 Å². The second kappa shape index (κ2) is 4.68. The summed E-state index contributed by atoms with van der Waals surface area (Å²) < 4.78 is 38.7. The van der Waals surface area contributed by atoms with E-state index in [1.807, 2.05) is 0 Å². The van der Waals surface area contributed by atoms with Gasteiger partial charge in [-0.1, -0.05) is 12.1 Å². The van der Waals surface area contributed by atoms with Crippen LogP contribution in [-0.4, -0.2) is 25.0 Å². The quantitative estimate of drug-likeness (QED) is 0.767. The molecule has 0 bridgehead atoms. The van der Waals surface area contributed by atoms with Gasteiger partial charge in [0.15, 0.2) is 0 Å². The van der Waals surface area contributed by atoms with Crippen molar-refractivity contribution in [2.75, 3.05) is 13.1 Å². The first kappa shape index (κ1) is 14.1. The number of hydrogen-bond acceptors (Lipinski definition) is 2. The molecule has 104 valence electrons. The van der Waals surface area contributed by atoms with Gasteiger partial charge in [-0.15, -0.1) is 12.4 Å². The molecule has 7 heteroatoms. The Balaban J connectivity index is 0.00000133. The second-order valence-electron chi connectivity index (χ2n) is 4.61. The van der Waals surface area contributed by atoms with Crippen LogP contribution in [0.5, 0.6) is 0 Å². The van der Waals surface area contributed by atoms with E-state index in [0.29, 0.717) is 18.7 Å². The molecule has 1 aromatic carbocycles. The van der Waals surface area contributed by atoms with E-state index >= 15 is 0 Å². The lowest BCUT2D eigenvalue weighted by molar-refractivity contribution is -0.138. The van der Waals surface area contributed by atoms with Crippen LogP contribution in [0.15, 0.2) is 18.2 Å². The highest BCUT2D eigenvalue weighted by Crippen LogP contribution is 2.38. The molecule has 2 heterocycles. The summed E-state index contributed by atoms with van der Waals surface area (Å²) in [5, 5.41) is 5.73. The summed E-state index contributed by atoms with van der Waals surface area (Å²) in [6.45, 7) is 1.20. The van der Waals surface area contributed by atoms with Gasteiger partial charge < -0.3 is 10.6 Å². The second-order valence-corrected chi connectivity index (χ2v) is 4.61. The average Bonchev–Trinajstić information content (AvgIpc) is 2.75. The van der Waals surface area contributed by atoms with Gasteiger partial charge >= 0.3 is 6.18 Å². The maximum atomic E-state index is 12.9. The SMILES string of the molecule is Cl.O=C1N[C@H]2CNC[C@@H]2c2cccc(C(F)(F)F)c21. The van der Waals surface area contributed by atoms with Crippen molar-refractivity contribution in [1.29, 1.82) is 0 Å². The number of nitrogens with one attached hydrogen (secondary N) is 2. The van der Waals surface area contributed by atoms with Crippen LogP contribution in [0.4, 0.5) is 13.2 Å². The van der Waals surface area contributed by atoms with Crippen LogP contribution in [0, 0.1) is 0 Å². The molecule has 0 aliphatic carbocycles. The maximum Gasteiger partial charge on any atom is 0.417 e. The molecule has 2 aliphatic rings. The Bertz CT molecular complexity index is 518. The molecular formula is C12H12ClF3N2O. The van der Waals surface area contributed by atoms with Gasteiger partial charge in [0, 0.05) is 25.0 Å². The summed E-state index contributed by atoms with van der Waals surface area (Å²) in [6.07, 6.45) is -4.50. The predicted octanol–water partition coefficient (Wildman–Crippen LogP) is 1.93. The number of benzene rings is 1. The Kier molecular flexibility index (Phi) is 3.49. The van der Waals surface area contributed by atoms with E-state index in [1.54, 1.807) is 6.07 Å². The van der Waals surface area contributed by atoms with Crippen LogP contribution in [0.1, 0.15) is 27.4 Å². The van der Waals surface area contributed by atoms with E-state index in [-0.39, 0.29) is 29.9 Å². The molecule has 1 aromatic rings. The van der Waals surface area contributed by atoms with E-state index < -0.39 is 17.6 Å². The number of carbonyl (C=O) groups is 1. The molecule has 2 aliphatic heterocycles. The molecule has 0 saturated carbocycles. The number of alkyl halides is 3.